The van der Waals surface area contributed by atoms with Crippen LogP contribution in [-0.2, 0) is 15.8 Å². The normalized spacial score (nSPS) is 18.1. The minimum atomic E-state index is -4.91. The molecule has 0 unspecified atom stereocenters. The van der Waals surface area contributed by atoms with Crippen molar-refractivity contribution in [1.82, 2.24) is 5.32 Å². The summed E-state index contributed by atoms with van der Waals surface area (Å²) in [5, 5.41) is 2.08. The van der Waals surface area contributed by atoms with E-state index in [4.69, 9.17) is 10.5 Å². The van der Waals surface area contributed by atoms with E-state index in [-0.39, 0.29) is 23.1 Å². The van der Waals surface area contributed by atoms with E-state index in [1.807, 2.05) is 0 Å². The molecule has 0 saturated heterocycles. The van der Waals surface area contributed by atoms with Crippen molar-refractivity contribution in [3.05, 3.63) is 65.2 Å². The highest BCUT2D eigenvalue weighted by Gasteiger charge is 2.43. The van der Waals surface area contributed by atoms with Crippen molar-refractivity contribution in [3.63, 3.8) is 0 Å². The zero-order valence-corrected chi connectivity index (χ0v) is 19.3. The summed E-state index contributed by atoms with van der Waals surface area (Å²) in [6.45, 7) is -1.21. The number of ether oxygens (including phenoxy) is 1. The molecule has 2 aliphatic rings. The Balaban J connectivity index is 1.75. The van der Waals surface area contributed by atoms with Gasteiger partial charge in [-0.25, -0.2) is 8.78 Å². The predicted molar refractivity (Wildman–Crippen MR) is 123 cm³/mol. The van der Waals surface area contributed by atoms with Crippen molar-refractivity contribution in [1.29, 1.82) is 0 Å². The van der Waals surface area contributed by atoms with Crippen LogP contribution in [0, 0.1) is 0 Å². The average molecular weight is 523 g/mol. The lowest BCUT2D eigenvalue weighted by Gasteiger charge is -2.24. The standard InChI is InChI=1S/C25H22F5N3O4/c26-24(27)9-10-33(20-4-2-1-3-16(20)18(24)12-22(35)32-13-21(31)34)23(36)17-8-7-15(37-14-5-6-14)11-19(17)25(28,29)30/h1-4,7-8,11-12,14H,5-6,9-10,13H2,(H2,31,34)(H,32,35)/b18-12+. The van der Waals surface area contributed by atoms with Crippen LogP contribution in [0.4, 0.5) is 27.6 Å². The summed E-state index contributed by atoms with van der Waals surface area (Å²) in [6, 6.07) is 8.32. The van der Waals surface area contributed by atoms with Crippen molar-refractivity contribution in [3.8, 4) is 5.75 Å². The molecule has 4 rings (SSSR count). The number of benzene rings is 2. The molecule has 12 heteroatoms. The lowest BCUT2D eigenvalue weighted by molar-refractivity contribution is -0.138. The first kappa shape index (κ1) is 26.1. The maximum absolute atomic E-state index is 15.2. The Morgan fingerprint density at radius 3 is 2.49 bits per heavy atom. The van der Waals surface area contributed by atoms with Crippen LogP contribution in [0.1, 0.15) is 40.7 Å². The van der Waals surface area contributed by atoms with Gasteiger partial charge in [-0.3, -0.25) is 14.4 Å². The number of anilines is 1. The summed E-state index contributed by atoms with van der Waals surface area (Å²) in [5.74, 6) is -6.70. The number of allylic oxidation sites excluding steroid dienone is 1. The Hall–Kier alpha value is -3.96. The number of rotatable bonds is 6. The first-order chi connectivity index (χ1) is 17.4. The van der Waals surface area contributed by atoms with E-state index < -0.39 is 66.0 Å². The molecule has 1 aliphatic carbocycles. The summed E-state index contributed by atoms with van der Waals surface area (Å²) in [5.41, 5.74) is 1.94. The van der Waals surface area contributed by atoms with Crippen LogP contribution in [0.15, 0.2) is 48.5 Å². The number of nitrogens with zero attached hydrogens (tertiary/aromatic N) is 1. The quantitative estimate of drug-likeness (QED) is 0.443. The third-order valence-corrected chi connectivity index (χ3v) is 5.84. The lowest BCUT2D eigenvalue weighted by Crippen LogP contribution is -2.34. The molecule has 2 aromatic carbocycles. The van der Waals surface area contributed by atoms with Crippen molar-refractivity contribution in [2.24, 2.45) is 5.73 Å². The zero-order chi connectivity index (χ0) is 27.0. The Morgan fingerprint density at radius 1 is 1.14 bits per heavy atom. The maximum atomic E-state index is 15.2. The van der Waals surface area contributed by atoms with Gasteiger partial charge in [0.15, 0.2) is 0 Å². The van der Waals surface area contributed by atoms with Gasteiger partial charge in [-0.15, -0.1) is 0 Å². The molecule has 3 amide bonds. The second kappa shape index (κ2) is 9.83. The molecule has 0 bridgehead atoms. The molecule has 1 aliphatic heterocycles. The summed E-state index contributed by atoms with van der Waals surface area (Å²) in [4.78, 5) is 37.4. The molecule has 0 atom stereocenters. The van der Waals surface area contributed by atoms with E-state index in [1.165, 1.54) is 30.3 Å². The molecule has 196 valence electrons. The van der Waals surface area contributed by atoms with E-state index in [0.717, 1.165) is 29.9 Å². The Bertz CT molecular complexity index is 1270. The largest absolute Gasteiger partial charge is 0.490 e. The molecule has 0 aromatic heterocycles. The fourth-order valence-corrected chi connectivity index (χ4v) is 3.93. The third kappa shape index (κ3) is 5.89. The summed E-state index contributed by atoms with van der Waals surface area (Å²) < 4.78 is 77.5. The van der Waals surface area contributed by atoms with Crippen LogP contribution in [0.25, 0.3) is 5.57 Å². The minimum absolute atomic E-state index is 0.0404. The number of carbonyl (C=O) groups is 3. The van der Waals surface area contributed by atoms with Gasteiger partial charge >= 0.3 is 6.18 Å². The average Bonchev–Trinajstić information content (AvgIpc) is 3.65. The van der Waals surface area contributed by atoms with Crippen LogP contribution >= 0.6 is 0 Å². The van der Waals surface area contributed by atoms with E-state index in [1.54, 1.807) is 0 Å². The number of hydrogen-bond donors (Lipinski definition) is 2. The predicted octanol–water partition coefficient (Wildman–Crippen LogP) is 3.92. The summed E-state index contributed by atoms with van der Waals surface area (Å²) >= 11 is 0. The Kier molecular flexibility index (Phi) is 6.94. The van der Waals surface area contributed by atoms with E-state index in [9.17, 15) is 27.6 Å². The summed E-state index contributed by atoms with van der Waals surface area (Å²) in [7, 11) is 0. The van der Waals surface area contributed by atoms with Gasteiger partial charge in [0, 0.05) is 30.2 Å². The first-order valence-electron chi connectivity index (χ1n) is 11.3. The zero-order valence-electron chi connectivity index (χ0n) is 19.3. The van der Waals surface area contributed by atoms with Gasteiger partial charge in [0.2, 0.25) is 11.8 Å². The monoisotopic (exact) mass is 523 g/mol. The van der Waals surface area contributed by atoms with Crippen LogP contribution in [0.3, 0.4) is 0 Å². The minimum Gasteiger partial charge on any atom is -0.490 e. The number of alkyl halides is 5. The lowest BCUT2D eigenvalue weighted by atomic mass is 9.97. The second-order valence-electron chi connectivity index (χ2n) is 8.69. The number of nitrogens with two attached hydrogens (primary N) is 1. The van der Waals surface area contributed by atoms with Crippen LogP contribution in [0.5, 0.6) is 5.75 Å². The number of nitrogens with one attached hydrogen (secondary N) is 1. The number of hydrogen-bond acceptors (Lipinski definition) is 4. The van der Waals surface area contributed by atoms with E-state index in [2.05, 4.69) is 5.32 Å². The first-order valence-corrected chi connectivity index (χ1v) is 11.3. The SMILES string of the molecule is NC(=O)CNC(=O)/C=C1\c2ccccc2N(C(=O)c2ccc(OC3CC3)cc2C(F)(F)F)CCC1(F)F. The number of amides is 3. The van der Waals surface area contributed by atoms with Crippen LogP contribution in [0.2, 0.25) is 0 Å². The van der Waals surface area contributed by atoms with Gasteiger partial charge in [-0.05, 0) is 37.1 Å². The van der Waals surface area contributed by atoms with E-state index >= 15 is 8.78 Å². The molecule has 1 heterocycles. The van der Waals surface area contributed by atoms with Gasteiger partial charge < -0.3 is 20.7 Å². The summed E-state index contributed by atoms with van der Waals surface area (Å²) in [6.07, 6.45) is -4.01. The third-order valence-electron chi connectivity index (χ3n) is 5.84. The Morgan fingerprint density at radius 2 is 1.84 bits per heavy atom. The maximum Gasteiger partial charge on any atom is 0.417 e. The van der Waals surface area contributed by atoms with Crippen LogP contribution in [-0.4, -0.2) is 42.8 Å². The molecule has 1 fully saturated rings. The van der Waals surface area contributed by atoms with Gasteiger partial charge in [0.25, 0.3) is 11.8 Å². The number of halogens is 5. The highest BCUT2D eigenvalue weighted by molar-refractivity contribution is 6.10. The van der Waals surface area contributed by atoms with Crippen molar-refractivity contribution < 1.29 is 41.1 Å². The molecule has 1 saturated carbocycles. The van der Waals surface area contributed by atoms with Gasteiger partial charge in [-0.1, -0.05) is 18.2 Å². The van der Waals surface area contributed by atoms with Gasteiger partial charge in [0.1, 0.15) is 5.75 Å². The fourth-order valence-electron chi connectivity index (χ4n) is 3.93. The molecule has 7 nitrogen and oxygen atoms in total. The highest BCUT2D eigenvalue weighted by Crippen LogP contribution is 2.44. The molecular formula is C25H22F5N3O4. The highest BCUT2D eigenvalue weighted by atomic mass is 19.4. The van der Waals surface area contributed by atoms with Crippen molar-refractivity contribution in [2.75, 3.05) is 18.0 Å². The number of carbonyl (C=O) groups excluding carboxylic acids is 3. The fraction of sp³-hybridized carbons (Fsp3) is 0.320. The van der Waals surface area contributed by atoms with Crippen molar-refractivity contribution in [2.45, 2.75) is 37.5 Å². The van der Waals surface area contributed by atoms with Crippen LogP contribution < -0.4 is 20.7 Å². The molecule has 0 spiro atoms. The molecular weight excluding hydrogens is 501 g/mol. The number of primary amides is 1. The molecule has 0 radical (unpaired) electrons. The molecule has 3 N–H and O–H groups in total. The molecule has 37 heavy (non-hydrogen) atoms. The Labute approximate surface area is 208 Å². The second-order valence-corrected chi connectivity index (χ2v) is 8.69. The smallest absolute Gasteiger partial charge is 0.417 e. The van der Waals surface area contributed by atoms with Crippen molar-refractivity contribution >= 4 is 29.0 Å². The number of fused-ring (bicyclic) bond motifs is 1. The van der Waals surface area contributed by atoms with E-state index in [0.29, 0.717) is 6.08 Å². The van der Waals surface area contributed by atoms with Gasteiger partial charge in [-0.2, -0.15) is 13.2 Å². The van der Waals surface area contributed by atoms with Gasteiger partial charge in [0.05, 0.1) is 29.5 Å². The topological polar surface area (TPSA) is 102 Å². The molecule has 2 aromatic rings. The number of para-hydroxylation sites is 1.